The zero-order valence-electron chi connectivity index (χ0n) is 11.4. The van der Waals surface area contributed by atoms with Crippen molar-refractivity contribution in [2.24, 2.45) is 11.7 Å². The van der Waals surface area contributed by atoms with Crippen molar-refractivity contribution in [3.63, 3.8) is 0 Å². The summed E-state index contributed by atoms with van der Waals surface area (Å²) in [4.78, 5) is 2.46. The quantitative estimate of drug-likeness (QED) is 0.890. The fourth-order valence-electron chi connectivity index (χ4n) is 2.74. The third-order valence-corrected chi connectivity index (χ3v) is 3.78. The van der Waals surface area contributed by atoms with Crippen LogP contribution in [0.15, 0.2) is 24.3 Å². The number of hydrogen-bond acceptors (Lipinski definition) is 3. The first kappa shape index (κ1) is 13.4. The molecule has 2 rings (SSSR count). The van der Waals surface area contributed by atoms with Crippen molar-refractivity contribution in [2.45, 2.75) is 25.8 Å². The van der Waals surface area contributed by atoms with Gasteiger partial charge in [0.25, 0.3) is 0 Å². The highest BCUT2D eigenvalue weighted by Crippen LogP contribution is 2.29. The molecular weight excluding hydrogens is 224 g/mol. The Morgan fingerprint density at radius 3 is 2.61 bits per heavy atom. The number of nitrogens with two attached hydrogens (primary N) is 1. The molecule has 18 heavy (non-hydrogen) atoms. The van der Waals surface area contributed by atoms with Crippen LogP contribution in [0.2, 0.25) is 0 Å². The average Bonchev–Trinajstić information content (AvgIpc) is 2.40. The molecule has 1 saturated heterocycles. The average molecular weight is 248 g/mol. The molecule has 2 N–H and O–H groups in total. The number of benzene rings is 1. The fraction of sp³-hybridized carbons (Fsp3) is 0.600. The summed E-state index contributed by atoms with van der Waals surface area (Å²) in [5.74, 6) is 0.716. The molecule has 0 unspecified atom stereocenters. The minimum Gasteiger partial charge on any atom is -0.384 e. The number of rotatable bonds is 4. The van der Waals surface area contributed by atoms with Crippen molar-refractivity contribution >= 4 is 5.69 Å². The van der Waals surface area contributed by atoms with E-state index in [1.54, 1.807) is 7.11 Å². The van der Waals surface area contributed by atoms with Gasteiger partial charge in [-0.1, -0.05) is 18.2 Å². The van der Waals surface area contributed by atoms with Gasteiger partial charge in [0.1, 0.15) is 0 Å². The lowest BCUT2D eigenvalue weighted by atomic mass is 9.96. The maximum Gasteiger partial charge on any atom is 0.0491 e. The van der Waals surface area contributed by atoms with Gasteiger partial charge >= 0.3 is 0 Å². The Kier molecular flexibility index (Phi) is 4.61. The first-order valence-corrected chi connectivity index (χ1v) is 6.80. The highest BCUT2D eigenvalue weighted by molar-refractivity contribution is 5.55. The summed E-state index contributed by atoms with van der Waals surface area (Å²) < 4.78 is 5.25. The normalized spacial score (nSPS) is 18.9. The maximum atomic E-state index is 6.05. The Morgan fingerprint density at radius 1 is 1.33 bits per heavy atom. The first-order valence-electron chi connectivity index (χ1n) is 6.80. The van der Waals surface area contributed by atoms with Gasteiger partial charge in [0.2, 0.25) is 0 Å². The molecule has 100 valence electrons. The molecule has 0 aliphatic carbocycles. The van der Waals surface area contributed by atoms with Crippen LogP contribution in [0, 0.1) is 5.92 Å². The number of piperidine rings is 1. The topological polar surface area (TPSA) is 38.5 Å². The maximum absolute atomic E-state index is 6.05. The SMILES string of the molecule is COCC1CCN(c2ccccc2[C@@H](C)N)CC1. The predicted octanol–water partition coefficient (Wildman–Crippen LogP) is 2.57. The summed E-state index contributed by atoms with van der Waals surface area (Å²) in [5, 5.41) is 0. The molecule has 1 aromatic carbocycles. The third kappa shape index (κ3) is 3.03. The van der Waals surface area contributed by atoms with E-state index in [4.69, 9.17) is 10.5 Å². The van der Waals surface area contributed by atoms with Gasteiger partial charge < -0.3 is 15.4 Å². The van der Waals surface area contributed by atoms with Gasteiger partial charge in [0, 0.05) is 38.5 Å². The molecule has 0 amide bonds. The number of methoxy groups -OCH3 is 1. The fourth-order valence-corrected chi connectivity index (χ4v) is 2.74. The Labute approximate surface area is 110 Å². The largest absolute Gasteiger partial charge is 0.384 e. The van der Waals surface area contributed by atoms with E-state index in [9.17, 15) is 0 Å². The van der Waals surface area contributed by atoms with E-state index in [1.807, 2.05) is 0 Å². The van der Waals surface area contributed by atoms with E-state index in [0.29, 0.717) is 5.92 Å². The second-order valence-corrected chi connectivity index (χ2v) is 5.23. The van der Waals surface area contributed by atoms with Gasteiger partial charge in [-0.05, 0) is 37.3 Å². The molecule has 0 spiro atoms. The number of para-hydroxylation sites is 1. The van der Waals surface area contributed by atoms with E-state index in [1.165, 1.54) is 24.1 Å². The second kappa shape index (κ2) is 6.21. The summed E-state index contributed by atoms with van der Waals surface area (Å²) in [7, 11) is 1.79. The first-order chi connectivity index (χ1) is 8.72. The molecular formula is C15H24N2O. The van der Waals surface area contributed by atoms with Crippen molar-refractivity contribution in [1.82, 2.24) is 0 Å². The van der Waals surface area contributed by atoms with Gasteiger partial charge in [-0.15, -0.1) is 0 Å². The Hall–Kier alpha value is -1.06. The van der Waals surface area contributed by atoms with Crippen LogP contribution in [0.1, 0.15) is 31.4 Å². The van der Waals surface area contributed by atoms with Crippen LogP contribution < -0.4 is 10.6 Å². The lowest BCUT2D eigenvalue weighted by Crippen LogP contribution is -2.35. The smallest absolute Gasteiger partial charge is 0.0491 e. The molecule has 3 nitrogen and oxygen atoms in total. The highest BCUT2D eigenvalue weighted by atomic mass is 16.5. The van der Waals surface area contributed by atoms with Crippen molar-refractivity contribution in [1.29, 1.82) is 0 Å². The van der Waals surface area contributed by atoms with Crippen LogP contribution in [0.4, 0.5) is 5.69 Å². The van der Waals surface area contributed by atoms with Gasteiger partial charge in [-0.3, -0.25) is 0 Å². The summed E-state index contributed by atoms with van der Waals surface area (Å²) in [6.07, 6.45) is 2.42. The summed E-state index contributed by atoms with van der Waals surface area (Å²) in [5.41, 5.74) is 8.61. The number of ether oxygens (including phenoxy) is 1. The van der Waals surface area contributed by atoms with Gasteiger partial charge in [-0.25, -0.2) is 0 Å². The molecule has 0 aromatic heterocycles. The molecule has 1 heterocycles. The summed E-state index contributed by atoms with van der Waals surface area (Å²) in [6.45, 7) is 5.16. The summed E-state index contributed by atoms with van der Waals surface area (Å²) in [6, 6.07) is 8.59. The lowest BCUT2D eigenvalue weighted by Gasteiger charge is -2.35. The van der Waals surface area contributed by atoms with Crippen molar-refractivity contribution in [3.8, 4) is 0 Å². The van der Waals surface area contributed by atoms with E-state index in [-0.39, 0.29) is 6.04 Å². The Morgan fingerprint density at radius 2 is 2.00 bits per heavy atom. The van der Waals surface area contributed by atoms with Gasteiger partial charge in [0.05, 0.1) is 0 Å². The number of nitrogens with zero attached hydrogens (tertiary/aromatic N) is 1. The number of hydrogen-bond donors (Lipinski definition) is 1. The van der Waals surface area contributed by atoms with Crippen LogP contribution in [-0.2, 0) is 4.74 Å². The number of anilines is 1. The lowest BCUT2D eigenvalue weighted by molar-refractivity contribution is 0.139. The molecule has 3 heteroatoms. The minimum absolute atomic E-state index is 0.0953. The Balaban J connectivity index is 2.05. The van der Waals surface area contributed by atoms with E-state index in [2.05, 4.69) is 36.1 Å². The van der Waals surface area contributed by atoms with Crippen LogP contribution in [0.5, 0.6) is 0 Å². The third-order valence-electron chi connectivity index (χ3n) is 3.78. The highest BCUT2D eigenvalue weighted by Gasteiger charge is 2.21. The van der Waals surface area contributed by atoms with Crippen LogP contribution in [0.25, 0.3) is 0 Å². The standard InChI is InChI=1S/C15H24N2O/c1-12(16)14-5-3-4-6-15(14)17-9-7-13(8-10-17)11-18-2/h3-6,12-13H,7-11,16H2,1-2H3/t12-/m1/s1. The van der Waals surface area contributed by atoms with Crippen molar-refractivity contribution < 1.29 is 4.74 Å². The second-order valence-electron chi connectivity index (χ2n) is 5.23. The van der Waals surface area contributed by atoms with Crippen LogP contribution in [-0.4, -0.2) is 26.8 Å². The molecule has 1 fully saturated rings. The Bertz CT molecular complexity index is 371. The minimum atomic E-state index is 0.0953. The van der Waals surface area contributed by atoms with Crippen LogP contribution >= 0.6 is 0 Å². The summed E-state index contributed by atoms with van der Waals surface area (Å²) >= 11 is 0. The van der Waals surface area contributed by atoms with Crippen molar-refractivity contribution in [3.05, 3.63) is 29.8 Å². The zero-order valence-corrected chi connectivity index (χ0v) is 11.4. The predicted molar refractivity (Wildman–Crippen MR) is 75.9 cm³/mol. The molecule has 1 aromatic rings. The monoisotopic (exact) mass is 248 g/mol. The van der Waals surface area contributed by atoms with Crippen molar-refractivity contribution in [2.75, 3.05) is 31.7 Å². The van der Waals surface area contributed by atoms with Crippen LogP contribution in [0.3, 0.4) is 0 Å². The van der Waals surface area contributed by atoms with E-state index in [0.717, 1.165) is 19.7 Å². The zero-order chi connectivity index (χ0) is 13.0. The van der Waals surface area contributed by atoms with E-state index >= 15 is 0 Å². The molecule has 0 saturated carbocycles. The molecule has 1 aliphatic heterocycles. The van der Waals surface area contributed by atoms with E-state index < -0.39 is 0 Å². The molecule has 1 aliphatic rings. The molecule has 0 bridgehead atoms. The van der Waals surface area contributed by atoms with Gasteiger partial charge in [0.15, 0.2) is 0 Å². The van der Waals surface area contributed by atoms with Gasteiger partial charge in [-0.2, -0.15) is 0 Å². The molecule has 0 radical (unpaired) electrons. The molecule has 1 atom stereocenters.